The number of nitrogens with two attached hydrogens (primary N) is 1. The maximum Gasteiger partial charge on any atom is 0.443 e. The Bertz CT molecular complexity index is 591. The van der Waals surface area contributed by atoms with Crippen molar-refractivity contribution in [2.75, 3.05) is 6.54 Å². The van der Waals surface area contributed by atoms with Gasteiger partial charge in [0.15, 0.2) is 10.7 Å². The first-order valence-electron chi connectivity index (χ1n) is 5.09. The largest absolute Gasteiger partial charge is 0.443 e. The SMILES string of the molecule is NCCn1cc(C(=O)c2cnc(C(F)(F)F)s2)nn1. The van der Waals surface area contributed by atoms with Crippen LogP contribution >= 0.6 is 11.3 Å². The van der Waals surface area contributed by atoms with Crippen LogP contribution in [0, 0.1) is 0 Å². The number of aromatic nitrogens is 4. The average molecular weight is 291 g/mol. The van der Waals surface area contributed by atoms with E-state index < -0.39 is 17.0 Å². The molecular formula is C9H8F3N5OS. The second-order valence-electron chi connectivity index (χ2n) is 3.51. The molecule has 0 radical (unpaired) electrons. The highest BCUT2D eigenvalue weighted by atomic mass is 32.1. The molecule has 2 aromatic heterocycles. The van der Waals surface area contributed by atoms with Gasteiger partial charge in [0.25, 0.3) is 0 Å². The van der Waals surface area contributed by atoms with E-state index in [0.29, 0.717) is 13.1 Å². The van der Waals surface area contributed by atoms with Gasteiger partial charge in [-0.2, -0.15) is 13.2 Å². The zero-order valence-electron chi connectivity index (χ0n) is 9.39. The van der Waals surface area contributed by atoms with Crippen molar-refractivity contribution in [3.05, 3.63) is 28.0 Å². The summed E-state index contributed by atoms with van der Waals surface area (Å²) >= 11 is 0.278. The second kappa shape index (κ2) is 5.05. The molecule has 0 saturated heterocycles. The molecule has 0 atom stereocenters. The number of carbonyl (C=O) groups excluding carboxylic acids is 1. The van der Waals surface area contributed by atoms with Crippen molar-refractivity contribution in [3.8, 4) is 0 Å². The van der Waals surface area contributed by atoms with Gasteiger partial charge in [0.05, 0.1) is 17.6 Å². The lowest BCUT2D eigenvalue weighted by molar-refractivity contribution is -0.137. The van der Waals surface area contributed by atoms with Gasteiger partial charge in [-0.25, -0.2) is 4.98 Å². The normalized spacial score (nSPS) is 11.8. The minimum atomic E-state index is -4.56. The lowest BCUT2D eigenvalue weighted by Crippen LogP contribution is -2.10. The molecule has 0 aliphatic rings. The van der Waals surface area contributed by atoms with Crippen LogP contribution in [0.3, 0.4) is 0 Å². The smallest absolute Gasteiger partial charge is 0.329 e. The maximum absolute atomic E-state index is 12.4. The van der Waals surface area contributed by atoms with Gasteiger partial charge in [-0.05, 0) is 0 Å². The third kappa shape index (κ3) is 2.96. The fourth-order valence-corrected chi connectivity index (χ4v) is 2.01. The molecule has 0 amide bonds. The monoisotopic (exact) mass is 291 g/mol. The minimum Gasteiger partial charge on any atom is -0.329 e. The molecule has 2 N–H and O–H groups in total. The highest BCUT2D eigenvalue weighted by Crippen LogP contribution is 2.32. The van der Waals surface area contributed by atoms with Crippen molar-refractivity contribution < 1.29 is 18.0 Å². The summed E-state index contributed by atoms with van der Waals surface area (Å²) in [6, 6.07) is 0. The highest BCUT2D eigenvalue weighted by Gasteiger charge is 2.35. The summed E-state index contributed by atoms with van der Waals surface area (Å²) in [4.78, 5) is 14.9. The third-order valence-electron chi connectivity index (χ3n) is 2.10. The Kier molecular flexibility index (Phi) is 3.62. The number of halogens is 3. The molecule has 0 unspecified atom stereocenters. The highest BCUT2D eigenvalue weighted by molar-refractivity contribution is 7.13. The summed E-state index contributed by atoms with van der Waals surface area (Å²) in [5, 5.41) is 6.16. The molecule has 0 aliphatic carbocycles. The predicted octanol–water partition coefficient (Wildman–Crippen LogP) is 0.943. The number of hydrogen-bond donors (Lipinski definition) is 1. The van der Waals surface area contributed by atoms with Gasteiger partial charge in [-0.15, -0.1) is 16.4 Å². The van der Waals surface area contributed by atoms with E-state index in [-0.39, 0.29) is 21.9 Å². The first-order valence-corrected chi connectivity index (χ1v) is 5.91. The number of nitrogens with zero attached hydrogens (tertiary/aromatic N) is 4. The first-order chi connectivity index (χ1) is 8.91. The fraction of sp³-hybridized carbons (Fsp3) is 0.333. The molecular weight excluding hydrogens is 283 g/mol. The molecule has 0 saturated carbocycles. The topological polar surface area (TPSA) is 86.7 Å². The summed E-state index contributed by atoms with van der Waals surface area (Å²) in [7, 11) is 0. The molecule has 0 aliphatic heterocycles. The molecule has 0 fully saturated rings. The van der Waals surface area contributed by atoms with Crippen LogP contribution < -0.4 is 5.73 Å². The lowest BCUT2D eigenvalue weighted by Gasteiger charge is -1.98. The third-order valence-corrected chi connectivity index (χ3v) is 3.14. The molecule has 0 bridgehead atoms. The van der Waals surface area contributed by atoms with E-state index in [0.717, 1.165) is 6.20 Å². The summed E-state index contributed by atoms with van der Waals surface area (Å²) in [6.07, 6.45) is -2.33. The Morgan fingerprint density at radius 2 is 2.21 bits per heavy atom. The maximum atomic E-state index is 12.4. The molecule has 2 aromatic rings. The summed E-state index contributed by atoms with van der Waals surface area (Å²) in [5.74, 6) is -0.642. The van der Waals surface area contributed by atoms with Crippen LogP contribution in [0.1, 0.15) is 20.4 Å². The number of alkyl halides is 3. The minimum absolute atomic E-state index is 0.0363. The van der Waals surface area contributed by atoms with Gasteiger partial charge in [-0.1, -0.05) is 5.21 Å². The summed E-state index contributed by atoms with van der Waals surface area (Å²) in [6.45, 7) is 0.687. The molecule has 0 aromatic carbocycles. The Labute approximate surface area is 109 Å². The molecule has 2 heterocycles. The predicted molar refractivity (Wildman–Crippen MR) is 59.6 cm³/mol. The lowest BCUT2D eigenvalue weighted by atomic mass is 10.3. The number of rotatable bonds is 4. The zero-order valence-corrected chi connectivity index (χ0v) is 10.2. The molecule has 6 nitrogen and oxygen atoms in total. The van der Waals surface area contributed by atoms with Gasteiger partial charge in [-0.3, -0.25) is 9.48 Å². The van der Waals surface area contributed by atoms with E-state index in [2.05, 4.69) is 15.3 Å². The average Bonchev–Trinajstić information content (AvgIpc) is 2.96. The van der Waals surface area contributed by atoms with Gasteiger partial charge < -0.3 is 5.73 Å². The number of hydrogen-bond acceptors (Lipinski definition) is 6. The zero-order chi connectivity index (χ0) is 14.0. The molecule has 0 spiro atoms. The summed E-state index contributed by atoms with van der Waals surface area (Å²) < 4.78 is 38.4. The van der Waals surface area contributed by atoms with E-state index in [1.807, 2.05) is 0 Å². The van der Waals surface area contributed by atoms with Crippen LogP contribution in [0.15, 0.2) is 12.4 Å². The Balaban J connectivity index is 2.21. The van der Waals surface area contributed by atoms with Gasteiger partial charge in [0, 0.05) is 12.7 Å². The van der Waals surface area contributed by atoms with Crippen LogP contribution in [-0.2, 0) is 12.7 Å². The molecule has 102 valence electrons. The van der Waals surface area contributed by atoms with Crippen LogP contribution in [0.5, 0.6) is 0 Å². The van der Waals surface area contributed by atoms with Crippen molar-refractivity contribution in [3.63, 3.8) is 0 Å². The molecule has 10 heteroatoms. The second-order valence-corrected chi connectivity index (χ2v) is 4.54. The number of carbonyl (C=O) groups is 1. The van der Waals surface area contributed by atoms with Crippen molar-refractivity contribution in [2.45, 2.75) is 12.7 Å². The first kappa shape index (κ1) is 13.6. The van der Waals surface area contributed by atoms with Crippen LogP contribution in [-0.4, -0.2) is 32.3 Å². The quantitative estimate of drug-likeness (QED) is 0.847. The summed E-state index contributed by atoms with van der Waals surface area (Å²) in [5.41, 5.74) is 5.27. The van der Waals surface area contributed by atoms with Crippen LogP contribution in [0.4, 0.5) is 13.2 Å². The Hall–Kier alpha value is -1.81. The fourth-order valence-electron chi connectivity index (χ4n) is 1.28. The Morgan fingerprint density at radius 3 is 2.79 bits per heavy atom. The molecule has 19 heavy (non-hydrogen) atoms. The Morgan fingerprint density at radius 1 is 1.47 bits per heavy atom. The van der Waals surface area contributed by atoms with Crippen LogP contribution in [0.2, 0.25) is 0 Å². The van der Waals surface area contributed by atoms with E-state index in [4.69, 9.17) is 5.73 Å². The molecule has 2 rings (SSSR count). The van der Waals surface area contributed by atoms with Gasteiger partial charge in [0.2, 0.25) is 5.78 Å². The van der Waals surface area contributed by atoms with E-state index in [1.54, 1.807) is 0 Å². The van der Waals surface area contributed by atoms with Crippen molar-refractivity contribution in [1.82, 2.24) is 20.0 Å². The van der Waals surface area contributed by atoms with Crippen molar-refractivity contribution in [2.24, 2.45) is 5.73 Å². The number of ketones is 1. The van der Waals surface area contributed by atoms with Crippen molar-refractivity contribution in [1.29, 1.82) is 0 Å². The van der Waals surface area contributed by atoms with E-state index in [1.165, 1.54) is 10.9 Å². The van der Waals surface area contributed by atoms with Crippen LogP contribution in [0.25, 0.3) is 0 Å². The van der Waals surface area contributed by atoms with Gasteiger partial charge >= 0.3 is 6.18 Å². The van der Waals surface area contributed by atoms with E-state index >= 15 is 0 Å². The number of thiazole rings is 1. The van der Waals surface area contributed by atoms with Crippen molar-refractivity contribution >= 4 is 17.1 Å². The van der Waals surface area contributed by atoms with Gasteiger partial charge in [0.1, 0.15) is 0 Å². The van der Waals surface area contributed by atoms with E-state index in [9.17, 15) is 18.0 Å². The standard InChI is InChI=1S/C9H8F3N5OS/c10-9(11,12)8-14-3-6(19-8)7(18)5-4-17(2-1-13)16-15-5/h3-4H,1-2,13H2.